The maximum Gasteiger partial charge on any atom is 0.335 e. The Balaban J connectivity index is 2.26. The fraction of sp³-hybridized carbons (Fsp3) is 0.571. The molecule has 5 nitrogen and oxygen atoms in total. The zero-order valence-corrected chi connectivity index (χ0v) is 11.9. The normalized spacial score (nSPS) is 11.0. The van der Waals surface area contributed by atoms with Crippen LogP contribution in [0, 0.1) is 0 Å². The van der Waals surface area contributed by atoms with Crippen molar-refractivity contribution in [3.05, 3.63) is 23.9 Å². The zero-order valence-electron chi connectivity index (χ0n) is 11.9. The van der Waals surface area contributed by atoms with E-state index in [1.165, 1.54) is 12.3 Å². The topological polar surface area (TPSA) is 65.5 Å². The van der Waals surface area contributed by atoms with Gasteiger partial charge in [0, 0.05) is 18.8 Å². The third-order valence-electron chi connectivity index (χ3n) is 3.13. The van der Waals surface area contributed by atoms with E-state index < -0.39 is 5.97 Å². The predicted molar refractivity (Wildman–Crippen MR) is 76.7 cm³/mol. The maximum absolute atomic E-state index is 10.8. The van der Waals surface area contributed by atoms with Gasteiger partial charge in [-0.15, -0.1) is 0 Å². The Morgan fingerprint density at radius 2 is 2.21 bits per heavy atom. The molecule has 0 aliphatic carbocycles. The minimum absolute atomic E-state index is 0.261. The quantitative estimate of drug-likeness (QED) is 0.706. The molecule has 1 aromatic rings. The standard InChI is InChI=1S/C14H23N3O2/c1-11(2)17(3)9-5-4-7-15-13-10-12(14(18)19)6-8-16-13/h6,8,10-11H,4-5,7,9H2,1-3H3,(H,15,16)(H,18,19). The van der Waals surface area contributed by atoms with Crippen LogP contribution in [0.25, 0.3) is 0 Å². The molecule has 0 saturated carbocycles. The van der Waals surface area contributed by atoms with Crippen molar-refractivity contribution in [2.45, 2.75) is 32.7 Å². The molecule has 0 bridgehead atoms. The summed E-state index contributed by atoms with van der Waals surface area (Å²) in [7, 11) is 2.12. The highest BCUT2D eigenvalue weighted by Gasteiger charge is 2.04. The number of nitrogens with zero attached hydrogens (tertiary/aromatic N) is 2. The van der Waals surface area contributed by atoms with Gasteiger partial charge in [0.05, 0.1) is 5.56 Å². The van der Waals surface area contributed by atoms with Gasteiger partial charge in [-0.1, -0.05) is 0 Å². The molecule has 0 amide bonds. The lowest BCUT2D eigenvalue weighted by atomic mass is 10.2. The van der Waals surface area contributed by atoms with E-state index >= 15 is 0 Å². The highest BCUT2D eigenvalue weighted by atomic mass is 16.4. The number of carboxylic acids is 1. The Morgan fingerprint density at radius 3 is 2.84 bits per heavy atom. The predicted octanol–water partition coefficient (Wildman–Crippen LogP) is 2.31. The first-order valence-corrected chi connectivity index (χ1v) is 6.64. The Kier molecular flexibility index (Phi) is 6.29. The van der Waals surface area contributed by atoms with Gasteiger partial charge in [0.25, 0.3) is 0 Å². The molecular weight excluding hydrogens is 242 g/mol. The van der Waals surface area contributed by atoms with Crippen molar-refractivity contribution in [1.29, 1.82) is 0 Å². The van der Waals surface area contributed by atoms with Gasteiger partial charge in [-0.2, -0.15) is 0 Å². The molecule has 0 unspecified atom stereocenters. The lowest BCUT2D eigenvalue weighted by Gasteiger charge is -2.20. The van der Waals surface area contributed by atoms with Crippen molar-refractivity contribution in [1.82, 2.24) is 9.88 Å². The Morgan fingerprint density at radius 1 is 1.47 bits per heavy atom. The summed E-state index contributed by atoms with van der Waals surface area (Å²) in [5.41, 5.74) is 0.261. The Labute approximate surface area is 114 Å². The van der Waals surface area contributed by atoms with Crippen LogP contribution in [-0.2, 0) is 0 Å². The molecule has 0 spiro atoms. The summed E-state index contributed by atoms with van der Waals surface area (Å²) in [6.45, 7) is 6.24. The van der Waals surface area contributed by atoms with Crippen LogP contribution in [0.4, 0.5) is 5.82 Å². The van der Waals surface area contributed by atoms with Crippen LogP contribution >= 0.6 is 0 Å². The van der Waals surface area contributed by atoms with Crippen molar-refractivity contribution >= 4 is 11.8 Å². The second kappa shape index (κ2) is 7.74. The molecule has 0 aromatic carbocycles. The summed E-state index contributed by atoms with van der Waals surface area (Å²) in [5, 5.41) is 12.0. The number of pyridine rings is 1. The summed E-state index contributed by atoms with van der Waals surface area (Å²) in [5.74, 6) is -0.305. The summed E-state index contributed by atoms with van der Waals surface area (Å²) in [6, 6.07) is 3.62. The van der Waals surface area contributed by atoms with Crippen LogP contribution in [0.2, 0.25) is 0 Å². The molecule has 2 N–H and O–H groups in total. The number of rotatable bonds is 8. The summed E-state index contributed by atoms with van der Waals surface area (Å²) < 4.78 is 0. The second-order valence-electron chi connectivity index (χ2n) is 4.94. The molecule has 5 heteroatoms. The highest BCUT2D eigenvalue weighted by Crippen LogP contribution is 2.07. The SMILES string of the molecule is CC(C)N(C)CCCCNc1cc(C(=O)O)ccn1. The number of carbonyl (C=O) groups is 1. The molecule has 1 aromatic heterocycles. The van der Waals surface area contributed by atoms with Crippen LogP contribution < -0.4 is 5.32 Å². The van der Waals surface area contributed by atoms with E-state index in [0.29, 0.717) is 11.9 Å². The average Bonchev–Trinajstić information content (AvgIpc) is 2.38. The van der Waals surface area contributed by atoms with E-state index in [9.17, 15) is 4.79 Å². The van der Waals surface area contributed by atoms with Gasteiger partial charge >= 0.3 is 5.97 Å². The molecule has 0 aliphatic heterocycles. The van der Waals surface area contributed by atoms with Crippen molar-refractivity contribution in [3.8, 4) is 0 Å². The van der Waals surface area contributed by atoms with Crippen molar-refractivity contribution < 1.29 is 9.90 Å². The van der Waals surface area contributed by atoms with Gasteiger partial charge in [-0.25, -0.2) is 9.78 Å². The molecule has 106 valence electrons. The molecule has 0 fully saturated rings. The number of nitrogens with one attached hydrogen (secondary N) is 1. The van der Waals surface area contributed by atoms with E-state index in [-0.39, 0.29) is 5.56 Å². The van der Waals surface area contributed by atoms with Gasteiger partial charge in [0.15, 0.2) is 0 Å². The number of hydrogen-bond donors (Lipinski definition) is 2. The number of carboxylic acid groups (broad SMARTS) is 1. The third kappa shape index (κ3) is 5.70. The van der Waals surface area contributed by atoms with Gasteiger partial charge in [0.1, 0.15) is 5.82 Å². The van der Waals surface area contributed by atoms with Crippen molar-refractivity contribution in [3.63, 3.8) is 0 Å². The van der Waals surface area contributed by atoms with Gasteiger partial charge < -0.3 is 15.3 Å². The number of unbranched alkanes of at least 4 members (excludes halogenated alkanes) is 1. The van der Waals surface area contributed by atoms with Crippen LogP contribution in [-0.4, -0.2) is 47.1 Å². The van der Waals surface area contributed by atoms with Crippen LogP contribution in [0.5, 0.6) is 0 Å². The average molecular weight is 265 g/mol. The van der Waals surface area contributed by atoms with E-state index in [2.05, 4.69) is 36.1 Å². The fourth-order valence-corrected chi connectivity index (χ4v) is 1.62. The van der Waals surface area contributed by atoms with Crippen molar-refractivity contribution in [2.24, 2.45) is 0 Å². The van der Waals surface area contributed by atoms with Gasteiger partial charge in [-0.05, 0) is 52.4 Å². The lowest BCUT2D eigenvalue weighted by Crippen LogP contribution is -2.27. The fourth-order valence-electron chi connectivity index (χ4n) is 1.62. The van der Waals surface area contributed by atoms with Crippen LogP contribution in [0.1, 0.15) is 37.0 Å². The van der Waals surface area contributed by atoms with E-state index in [4.69, 9.17) is 5.11 Å². The zero-order chi connectivity index (χ0) is 14.3. The summed E-state index contributed by atoms with van der Waals surface area (Å²) in [4.78, 5) is 17.2. The van der Waals surface area contributed by atoms with Crippen molar-refractivity contribution in [2.75, 3.05) is 25.5 Å². The smallest absolute Gasteiger partial charge is 0.335 e. The van der Waals surface area contributed by atoms with E-state index in [0.717, 1.165) is 25.9 Å². The number of hydrogen-bond acceptors (Lipinski definition) is 4. The molecule has 0 radical (unpaired) electrons. The first kappa shape index (κ1) is 15.4. The Hall–Kier alpha value is -1.62. The largest absolute Gasteiger partial charge is 0.478 e. The molecule has 0 aliphatic rings. The molecular formula is C14H23N3O2. The summed E-state index contributed by atoms with van der Waals surface area (Å²) in [6.07, 6.45) is 3.66. The van der Waals surface area contributed by atoms with Crippen LogP contribution in [0.3, 0.4) is 0 Å². The highest BCUT2D eigenvalue weighted by molar-refractivity contribution is 5.88. The number of aromatic nitrogens is 1. The van der Waals surface area contributed by atoms with Gasteiger partial charge in [-0.3, -0.25) is 0 Å². The molecule has 1 rings (SSSR count). The third-order valence-corrected chi connectivity index (χ3v) is 3.13. The summed E-state index contributed by atoms with van der Waals surface area (Å²) >= 11 is 0. The molecule has 19 heavy (non-hydrogen) atoms. The number of aromatic carboxylic acids is 1. The minimum atomic E-state index is -0.927. The lowest BCUT2D eigenvalue weighted by molar-refractivity contribution is 0.0697. The second-order valence-corrected chi connectivity index (χ2v) is 4.94. The molecule has 1 heterocycles. The van der Waals surface area contributed by atoms with Crippen LogP contribution in [0.15, 0.2) is 18.3 Å². The first-order valence-electron chi connectivity index (χ1n) is 6.64. The minimum Gasteiger partial charge on any atom is -0.478 e. The number of anilines is 1. The van der Waals surface area contributed by atoms with Gasteiger partial charge in [0.2, 0.25) is 0 Å². The van der Waals surface area contributed by atoms with E-state index in [1.54, 1.807) is 6.07 Å². The first-order chi connectivity index (χ1) is 9.00. The molecule has 0 saturated heterocycles. The molecule has 0 atom stereocenters. The Bertz CT molecular complexity index is 407. The monoisotopic (exact) mass is 265 g/mol. The maximum atomic E-state index is 10.8. The van der Waals surface area contributed by atoms with E-state index in [1.807, 2.05) is 0 Å².